The Morgan fingerprint density at radius 3 is 2.56 bits per heavy atom. The fraction of sp³-hybridized carbons (Fsp3) is 0.200. The molecule has 2 amide bonds. The molecule has 5 rings (SSSR count). The number of fused-ring (bicyclic) bond motifs is 3. The lowest BCUT2D eigenvalue weighted by molar-refractivity contribution is 0.0690. The van der Waals surface area contributed by atoms with Gasteiger partial charge in [-0.25, -0.2) is 9.78 Å². The number of carbonyl (C=O) groups is 3. The number of nitrogens with zero attached hydrogens (tertiary/aromatic N) is 1. The maximum absolute atomic E-state index is 13.7. The Labute approximate surface area is 245 Å². The first-order chi connectivity index (χ1) is 19.9. The molecule has 1 aliphatic rings. The van der Waals surface area contributed by atoms with Crippen LogP contribution in [0.1, 0.15) is 55.8 Å². The minimum atomic E-state index is -1.31. The molecule has 0 unspecified atom stereocenters. The lowest BCUT2D eigenvalue weighted by atomic mass is 9.93. The van der Waals surface area contributed by atoms with Crippen LogP contribution in [0, 0.1) is 0 Å². The Kier molecular flexibility index (Phi) is 8.67. The Balaban J connectivity index is 1.59. The summed E-state index contributed by atoms with van der Waals surface area (Å²) in [5.41, 5.74) is 3.26. The zero-order valence-corrected chi connectivity index (χ0v) is 23.9. The Bertz CT molecular complexity index is 1620. The van der Waals surface area contributed by atoms with Gasteiger partial charge in [-0.05, 0) is 77.3 Å². The summed E-state index contributed by atoms with van der Waals surface area (Å²) in [6.07, 6.45) is 1.44. The monoisotopic (exact) mass is 588 g/mol. The van der Waals surface area contributed by atoms with Crippen molar-refractivity contribution in [2.24, 2.45) is 5.14 Å². The normalized spacial score (nSPS) is 12.0. The zero-order valence-electron chi connectivity index (χ0n) is 22.2. The number of carboxylic acids is 1. The summed E-state index contributed by atoms with van der Waals surface area (Å²) < 4.78 is 6.07. The first-order valence-electron chi connectivity index (χ1n) is 13.0. The number of nitrogens with one attached hydrogen (secondary N) is 2. The largest absolute Gasteiger partial charge is 0.493 e. The van der Waals surface area contributed by atoms with Gasteiger partial charge >= 0.3 is 5.97 Å². The molecule has 11 heteroatoms. The van der Waals surface area contributed by atoms with Crippen LogP contribution in [-0.2, 0) is 13.0 Å². The summed E-state index contributed by atoms with van der Waals surface area (Å²) in [4.78, 5) is 44.7. The molecule has 0 saturated carbocycles. The van der Waals surface area contributed by atoms with E-state index >= 15 is 0 Å². The highest BCUT2D eigenvalue weighted by molar-refractivity contribution is 7.97. The fourth-order valence-corrected chi connectivity index (χ4v) is 5.86. The first kappa shape index (κ1) is 28.3. The highest BCUT2D eigenvalue weighted by Crippen LogP contribution is 2.43. The second-order valence-electron chi connectivity index (χ2n) is 9.37. The van der Waals surface area contributed by atoms with E-state index in [2.05, 4.69) is 15.6 Å². The summed E-state index contributed by atoms with van der Waals surface area (Å²) in [5, 5.41) is 23.4. The number of ether oxygens (including phenoxy) is 1. The van der Waals surface area contributed by atoms with Crippen molar-refractivity contribution in [1.29, 1.82) is 0 Å². The number of carbonyl (C=O) groups excluding carboxylic acids is 2. The number of pyridine rings is 1. The zero-order chi connectivity index (χ0) is 28.9. The van der Waals surface area contributed by atoms with Gasteiger partial charge in [0.25, 0.3) is 11.8 Å². The van der Waals surface area contributed by atoms with Crippen LogP contribution >= 0.6 is 23.3 Å². The SMILES string of the molecule is CCCNC(=O)c1ccc(-c2cc3c(cc2C(=O)NCc2ccc(SN)cc2)-c2sccc2CCO3)c(C(=O)O)n1. The number of aromatic carboxylic acids is 1. The van der Waals surface area contributed by atoms with Gasteiger partial charge in [0.15, 0.2) is 5.69 Å². The van der Waals surface area contributed by atoms with Gasteiger partial charge in [0.05, 0.1) is 6.61 Å². The maximum atomic E-state index is 13.7. The smallest absolute Gasteiger partial charge is 0.355 e. The molecule has 2 aromatic heterocycles. The summed E-state index contributed by atoms with van der Waals surface area (Å²) in [6, 6.07) is 16.0. The van der Waals surface area contributed by atoms with E-state index in [0.717, 1.165) is 44.8 Å². The van der Waals surface area contributed by atoms with Gasteiger partial charge in [-0.3, -0.25) is 14.7 Å². The Hall–Kier alpha value is -4.19. The highest BCUT2D eigenvalue weighted by Gasteiger charge is 2.26. The molecular weight excluding hydrogens is 560 g/mol. The number of amides is 2. The molecule has 0 bridgehead atoms. The Morgan fingerprint density at radius 2 is 1.83 bits per heavy atom. The quantitative estimate of drug-likeness (QED) is 0.197. The van der Waals surface area contributed by atoms with Crippen molar-refractivity contribution in [2.75, 3.05) is 13.2 Å². The van der Waals surface area contributed by atoms with Gasteiger partial charge in [-0.2, -0.15) is 0 Å². The summed E-state index contributed by atoms with van der Waals surface area (Å²) in [5.74, 6) is -1.61. The average molecular weight is 589 g/mol. The van der Waals surface area contributed by atoms with Crippen molar-refractivity contribution >= 4 is 41.1 Å². The Morgan fingerprint density at radius 1 is 1.02 bits per heavy atom. The van der Waals surface area contributed by atoms with Crippen LogP contribution in [0.3, 0.4) is 0 Å². The first-order valence-corrected chi connectivity index (χ1v) is 14.8. The lowest BCUT2D eigenvalue weighted by Crippen LogP contribution is -2.26. The minimum absolute atomic E-state index is 0.0149. The maximum Gasteiger partial charge on any atom is 0.355 e. The van der Waals surface area contributed by atoms with Crippen molar-refractivity contribution in [1.82, 2.24) is 15.6 Å². The van der Waals surface area contributed by atoms with Crippen LogP contribution in [-0.4, -0.2) is 41.0 Å². The number of aromatic nitrogens is 1. The van der Waals surface area contributed by atoms with Gasteiger partial charge in [-0.1, -0.05) is 19.1 Å². The van der Waals surface area contributed by atoms with Gasteiger partial charge in [0, 0.05) is 51.5 Å². The van der Waals surface area contributed by atoms with Crippen LogP contribution in [0.2, 0.25) is 0 Å². The van der Waals surface area contributed by atoms with Gasteiger partial charge in [-0.15, -0.1) is 11.3 Å². The van der Waals surface area contributed by atoms with Crippen LogP contribution in [0.15, 0.2) is 64.9 Å². The number of hydrogen-bond acceptors (Lipinski definition) is 8. The van der Waals surface area contributed by atoms with E-state index in [9.17, 15) is 19.5 Å². The lowest BCUT2D eigenvalue weighted by Gasteiger charge is -2.17. The topological polar surface area (TPSA) is 144 Å². The number of hydrogen-bond donors (Lipinski definition) is 4. The highest BCUT2D eigenvalue weighted by atomic mass is 32.2. The third-order valence-electron chi connectivity index (χ3n) is 6.65. The van der Waals surface area contributed by atoms with Crippen molar-refractivity contribution < 1.29 is 24.2 Å². The predicted octanol–water partition coefficient (Wildman–Crippen LogP) is 5.15. The molecule has 210 valence electrons. The molecule has 0 atom stereocenters. The van der Waals surface area contributed by atoms with E-state index in [1.165, 1.54) is 12.1 Å². The molecule has 0 radical (unpaired) electrons. The van der Waals surface area contributed by atoms with E-state index in [4.69, 9.17) is 9.88 Å². The molecule has 5 N–H and O–H groups in total. The van der Waals surface area contributed by atoms with Gasteiger partial charge < -0.3 is 20.5 Å². The second-order valence-corrected chi connectivity index (χ2v) is 11.0. The minimum Gasteiger partial charge on any atom is -0.493 e. The van der Waals surface area contributed by atoms with Crippen LogP contribution < -0.4 is 20.5 Å². The molecule has 9 nitrogen and oxygen atoms in total. The molecule has 0 fully saturated rings. The second kappa shape index (κ2) is 12.5. The van der Waals surface area contributed by atoms with Crippen molar-refractivity contribution in [2.45, 2.75) is 31.2 Å². The molecule has 3 heterocycles. The third kappa shape index (κ3) is 6.12. The van der Waals surface area contributed by atoms with Crippen LogP contribution in [0.25, 0.3) is 21.6 Å². The number of carboxylic acid groups (broad SMARTS) is 1. The summed E-state index contributed by atoms with van der Waals surface area (Å²) in [6.45, 7) is 3.06. The van der Waals surface area contributed by atoms with E-state index in [1.807, 2.05) is 42.6 Å². The summed E-state index contributed by atoms with van der Waals surface area (Å²) >= 11 is 2.70. The number of rotatable bonds is 9. The molecule has 4 aromatic rings. The van der Waals surface area contributed by atoms with Gasteiger partial charge in [0.1, 0.15) is 11.4 Å². The van der Waals surface area contributed by atoms with E-state index in [1.54, 1.807) is 23.5 Å². The molecule has 0 spiro atoms. The number of thiophene rings is 1. The van der Waals surface area contributed by atoms with Gasteiger partial charge in [0.2, 0.25) is 0 Å². The van der Waals surface area contributed by atoms with Crippen molar-refractivity contribution in [3.63, 3.8) is 0 Å². The predicted molar refractivity (Wildman–Crippen MR) is 159 cm³/mol. The number of benzene rings is 2. The fourth-order valence-electron chi connectivity index (χ4n) is 4.59. The van der Waals surface area contributed by atoms with E-state index in [-0.39, 0.29) is 35.0 Å². The molecular formula is C30H28N4O5S2. The molecule has 0 aliphatic carbocycles. The van der Waals surface area contributed by atoms with E-state index < -0.39 is 11.9 Å². The molecule has 41 heavy (non-hydrogen) atoms. The van der Waals surface area contributed by atoms with Crippen molar-refractivity contribution in [3.05, 3.63) is 88.1 Å². The molecule has 1 aliphatic heterocycles. The number of nitrogens with two attached hydrogens (primary N) is 1. The third-order valence-corrected chi connectivity index (χ3v) is 8.19. The van der Waals surface area contributed by atoms with Crippen LogP contribution in [0.4, 0.5) is 0 Å². The van der Waals surface area contributed by atoms with E-state index in [0.29, 0.717) is 30.9 Å². The average Bonchev–Trinajstić information content (AvgIpc) is 3.39. The summed E-state index contributed by atoms with van der Waals surface area (Å²) in [7, 11) is 0. The molecule has 2 aromatic carbocycles. The van der Waals surface area contributed by atoms with Crippen LogP contribution in [0.5, 0.6) is 5.75 Å². The molecule has 0 saturated heterocycles. The van der Waals surface area contributed by atoms with Crippen molar-refractivity contribution in [3.8, 4) is 27.3 Å². The standard InChI is InChI=1S/C30H28N4O5S2/c1-2-11-32-29(36)24-8-7-20(26(34-24)30(37)38)21-15-25-23(27-18(9-12-39-25)10-13-40-27)14-22(21)28(35)33-16-17-3-5-19(41-31)6-4-17/h3-8,10,13-15H,2,9,11-12,16,31H2,1H3,(H,32,36)(H,33,35)(H,37,38).